The highest BCUT2D eigenvalue weighted by Gasteiger charge is 2.10. The van der Waals surface area contributed by atoms with Gasteiger partial charge in [0.1, 0.15) is 10.8 Å². The molecule has 0 aliphatic heterocycles. The van der Waals surface area contributed by atoms with E-state index in [1.807, 2.05) is 42.3 Å². The number of rotatable bonds is 6. The van der Waals surface area contributed by atoms with Crippen LogP contribution in [0.3, 0.4) is 0 Å². The highest BCUT2D eigenvalue weighted by Crippen LogP contribution is 2.28. The number of hydrogen-bond acceptors (Lipinski definition) is 5. The van der Waals surface area contributed by atoms with E-state index in [2.05, 4.69) is 35.0 Å². The van der Waals surface area contributed by atoms with E-state index in [1.165, 1.54) is 16.1 Å². The molecule has 2 heterocycles. The number of hydrogen-bond donors (Lipinski definition) is 0. The topological polar surface area (TPSA) is 43.2 Å². The van der Waals surface area contributed by atoms with E-state index in [4.69, 9.17) is 4.74 Å². The molecule has 0 atom stereocenters. The number of ether oxygens (including phenoxy) is 1. The lowest BCUT2D eigenvalue weighted by Crippen LogP contribution is -2.17. The largest absolute Gasteiger partial charge is 0.497 e. The second-order valence-electron chi connectivity index (χ2n) is 5.91. The van der Waals surface area contributed by atoms with Gasteiger partial charge in [-0.2, -0.15) is 5.10 Å². The van der Waals surface area contributed by atoms with E-state index in [1.54, 1.807) is 18.4 Å². The standard InChI is InChI=1S/C18H22N4OS/c1-13-15(9-20-22(13)3)11-21(2)12-17-10-19-18(24-17)14-6-5-7-16(8-14)23-4/h5-10H,11-12H2,1-4H3. The van der Waals surface area contributed by atoms with Crippen LogP contribution in [0.25, 0.3) is 10.6 Å². The van der Waals surface area contributed by atoms with E-state index in [9.17, 15) is 0 Å². The Balaban J connectivity index is 1.68. The van der Waals surface area contributed by atoms with Gasteiger partial charge in [0, 0.05) is 48.0 Å². The summed E-state index contributed by atoms with van der Waals surface area (Å²) in [5.41, 5.74) is 3.57. The van der Waals surface area contributed by atoms with E-state index in [0.717, 1.165) is 29.4 Å². The molecule has 126 valence electrons. The average Bonchev–Trinajstić information content (AvgIpc) is 3.17. The highest BCUT2D eigenvalue weighted by molar-refractivity contribution is 7.15. The molecule has 0 bridgehead atoms. The molecular weight excluding hydrogens is 320 g/mol. The van der Waals surface area contributed by atoms with Gasteiger partial charge in [0.25, 0.3) is 0 Å². The lowest BCUT2D eigenvalue weighted by atomic mass is 10.2. The lowest BCUT2D eigenvalue weighted by Gasteiger charge is -2.14. The zero-order valence-electron chi connectivity index (χ0n) is 14.5. The number of benzene rings is 1. The van der Waals surface area contributed by atoms with Gasteiger partial charge in [-0.25, -0.2) is 4.98 Å². The van der Waals surface area contributed by atoms with Crippen LogP contribution in [0.4, 0.5) is 0 Å². The summed E-state index contributed by atoms with van der Waals surface area (Å²) in [5, 5.41) is 5.33. The van der Waals surface area contributed by atoms with Crippen molar-refractivity contribution in [1.82, 2.24) is 19.7 Å². The summed E-state index contributed by atoms with van der Waals surface area (Å²) in [7, 11) is 5.78. The Morgan fingerprint density at radius 3 is 2.79 bits per heavy atom. The van der Waals surface area contributed by atoms with E-state index in [0.29, 0.717) is 0 Å². The predicted molar refractivity (Wildman–Crippen MR) is 97.2 cm³/mol. The summed E-state index contributed by atoms with van der Waals surface area (Å²) in [4.78, 5) is 8.10. The van der Waals surface area contributed by atoms with Crippen molar-refractivity contribution in [3.63, 3.8) is 0 Å². The molecule has 6 heteroatoms. The van der Waals surface area contributed by atoms with Crippen LogP contribution in [0.1, 0.15) is 16.1 Å². The molecule has 0 saturated heterocycles. The van der Waals surface area contributed by atoms with Gasteiger partial charge in [-0.1, -0.05) is 12.1 Å². The minimum absolute atomic E-state index is 0.855. The summed E-state index contributed by atoms with van der Waals surface area (Å²) in [6.07, 6.45) is 3.91. The Kier molecular flexibility index (Phi) is 4.97. The van der Waals surface area contributed by atoms with Crippen LogP contribution < -0.4 is 4.74 Å². The van der Waals surface area contributed by atoms with Gasteiger partial charge < -0.3 is 4.74 Å². The first kappa shape index (κ1) is 16.7. The fourth-order valence-corrected chi connectivity index (χ4v) is 3.57. The first-order valence-corrected chi connectivity index (χ1v) is 8.63. The van der Waals surface area contributed by atoms with E-state index < -0.39 is 0 Å². The molecule has 0 aliphatic carbocycles. The van der Waals surface area contributed by atoms with Gasteiger partial charge in [0.15, 0.2) is 0 Å². The highest BCUT2D eigenvalue weighted by atomic mass is 32.1. The predicted octanol–water partition coefficient (Wildman–Crippen LogP) is 3.49. The van der Waals surface area contributed by atoms with Crippen molar-refractivity contribution in [3.8, 4) is 16.3 Å². The molecule has 24 heavy (non-hydrogen) atoms. The molecular formula is C18H22N4OS. The molecule has 3 aromatic rings. The monoisotopic (exact) mass is 342 g/mol. The fraction of sp³-hybridized carbons (Fsp3) is 0.333. The minimum atomic E-state index is 0.855. The van der Waals surface area contributed by atoms with Crippen LogP contribution in [0.5, 0.6) is 5.75 Å². The first-order chi connectivity index (χ1) is 11.6. The zero-order chi connectivity index (χ0) is 17.1. The molecule has 0 unspecified atom stereocenters. The number of methoxy groups -OCH3 is 1. The molecule has 0 spiro atoms. The fourth-order valence-electron chi connectivity index (χ4n) is 2.58. The van der Waals surface area contributed by atoms with Gasteiger partial charge in [-0.05, 0) is 26.1 Å². The Morgan fingerprint density at radius 2 is 2.08 bits per heavy atom. The Hall–Kier alpha value is -2.18. The van der Waals surface area contributed by atoms with Gasteiger partial charge in [-0.3, -0.25) is 9.58 Å². The Labute approximate surface area is 146 Å². The van der Waals surface area contributed by atoms with Crippen molar-refractivity contribution in [2.75, 3.05) is 14.2 Å². The van der Waals surface area contributed by atoms with Crippen molar-refractivity contribution < 1.29 is 4.74 Å². The maximum Gasteiger partial charge on any atom is 0.123 e. The molecule has 0 aliphatic rings. The normalized spacial score (nSPS) is 11.2. The van der Waals surface area contributed by atoms with E-state index in [-0.39, 0.29) is 0 Å². The molecule has 5 nitrogen and oxygen atoms in total. The van der Waals surface area contributed by atoms with Crippen molar-refractivity contribution in [2.45, 2.75) is 20.0 Å². The third kappa shape index (κ3) is 3.66. The second kappa shape index (κ2) is 7.15. The van der Waals surface area contributed by atoms with Crippen LogP contribution in [0.15, 0.2) is 36.7 Å². The third-order valence-electron chi connectivity index (χ3n) is 4.07. The molecule has 0 saturated carbocycles. The molecule has 0 N–H and O–H groups in total. The van der Waals surface area contributed by atoms with Crippen molar-refractivity contribution >= 4 is 11.3 Å². The Morgan fingerprint density at radius 1 is 1.25 bits per heavy atom. The van der Waals surface area contributed by atoms with Crippen molar-refractivity contribution in [2.24, 2.45) is 7.05 Å². The average molecular weight is 342 g/mol. The quantitative estimate of drug-likeness (QED) is 0.688. The second-order valence-corrected chi connectivity index (χ2v) is 7.03. The molecule has 1 aromatic carbocycles. The molecule has 0 radical (unpaired) electrons. The number of thiazole rings is 1. The number of aromatic nitrogens is 3. The van der Waals surface area contributed by atoms with Crippen LogP contribution in [0.2, 0.25) is 0 Å². The third-order valence-corrected chi connectivity index (χ3v) is 5.10. The maximum absolute atomic E-state index is 5.29. The van der Waals surface area contributed by atoms with Crippen LogP contribution in [0, 0.1) is 6.92 Å². The Bertz CT molecular complexity index is 824. The first-order valence-electron chi connectivity index (χ1n) is 7.82. The summed E-state index contributed by atoms with van der Waals surface area (Å²) >= 11 is 1.72. The van der Waals surface area contributed by atoms with Crippen LogP contribution >= 0.6 is 11.3 Å². The van der Waals surface area contributed by atoms with Crippen molar-refractivity contribution in [1.29, 1.82) is 0 Å². The minimum Gasteiger partial charge on any atom is -0.497 e. The summed E-state index contributed by atoms with van der Waals surface area (Å²) in [6.45, 7) is 3.85. The molecule has 3 rings (SSSR count). The number of nitrogens with zero attached hydrogens (tertiary/aromatic N) is 4. The lowest BCUT2D eigenvalue weighted by molar-refractivity contribution is 0.321. The van der Waals surface area contributed by atoms with Gasteiger partial charge in [0.2, 0.25) is 0 Å². The van der Waals surface area contributed by atoms with Crippen molar-refractivity contribution in [3.05, 3.63) is 52.8 Å². The van der Waals surface area contributed by atoms with Gasteiger partial charge >= 0.3 is 0 Å². The zero-order valence-corrected chi connectivity index (χ0v) is 15.3. The smallest absolute Gasteiger partial charge is 0.123 e. The SMILES string of the molecule is COc1cccc(-c2ncc(CN(C)Cc3cnn(C)c3C)s2)c1. The molecule has 0 fully saturated rings. The van der Waals surface area contributed by atoms with Gasteiger partial charge in [0.05, 0.1) is 13.3 Å². The van der Waals surface area contributed by atoms with Gasteiger partial charge in [-0.15, -0.1) is 11.3 Å². The maximum atomic E-state index is 5.29. The van der Waals surface area contributed by atoms with Crippen LogP contribution in [-0.4, -0.2) is 33.8 Å². The van der Waals surface area contributed by atoms with Crippen LogP contribution in [-0.2, 0) is 20.1 Å². The summed E-state index contributed by atoms with van der Waals surface area (Å²) in [5.74, 6) is 0.855. The summed E-state index contributed by atoms with van der Waals surface area (Å²) < 4.78 is 7.20. The van der Waals surface area contributed by atoms with E-state index >= 15 is 0 Å². The molecule has 0 amide bonds. The summed E-state index contributed by atoms with van der Waals surface area (Å²) in [6, 6.07) is 8.02. The molecule has 2 aromatic heterocycles. The number of aryl methyl sites for hydroxylation is 1.